The largest absolute Gasteiger partial charge is 0.381 e. The Labute approximate surface area is 132 Å². The van der Waals surface area contributed by atoms with Crippen molar-refractivity contribution in [2.24, 2.45) is 17.3 Å². The zero-order valence-corrected chi connectivity index (χ0v) is 13.3. The van der Waals surface area contributed by atoms with Crippen LogP contribution in [0.5, 0.6) is 0 Å². The molecule has 2 saturated heterocycles. The number of amides is 1. The summed E-state index contributed by atoms with van der Waals surface area (Å²) in [7, 11) is 0. The first kappa shape index (κ1) is 14.9. The summed E-state index contributed by atoms with van der Waals surface area (Å²) in [6.07, 6.45) is 7.30. The molecule has 4 aliphatic rings. The third-order valence-electron chi connectivity index (χ3n) is 6.24. The Morgan fingerprint density at radius 3 is 2.36 bits per heavy atom. The molecule has 22 heavy (non-hydrogen) atoms. The molecule has 1 amide bonds. The molecule has 2 spiro atoms. The van der Waals surface area contributed by atoms with E-state index in [0.717, 1.165) is 77.9 Å². The Kier molecular flexibility index (Phi) is 3.91. The van der Waals surface area contributed by atoms with Gasteiger partial charge in [0.15, 0.2) is 5.79 Å². The molecule has 2 aliphatic carbocycles. The van der Waals surface area contributed by atoms with Crippen LogP contribution in [0.3, 0.4) is 0 Å². The van der Waals surface area contributed by atoms with Crippen molar-refractivity contribution in [2.45, 2.75) is 50.7 Å². The molecule has 1 N–H and O–H groups in total. The van der Waals surface area contributed by atoms with Crippen LogP contribution in [-0.2, 0) is 19.0 Å². The Bertz CT molecular complexity index is 416. The first-order valence-corrected chi connectivity index (χ1v) is 8.85. The zero-order valence-electron chi connectivity index (χ0n) is 13.3. The van der Waals surface area contributed by atoms with Crippen molar-refractivity contribution in [1.29, 1.82) is 0 Å². The van der Waals surface area contributed by atoms with Crippen molar-refractivity contribution < 1.29 is 19.0 Å². The van der Waals surface area contributed by atoms with Gasteiger partial charge < -0.3 is 19.5 Å². The van der Waals surface area contributed by atoms with Crippen molar-refractivity contribution in [1.82, 2.24) is 5.32 Å². The van der Waals surface area contributed by atoms with Gasteiger partial charge >= 0.3 is 0 Å². The monoisotopic (exact) mass is 309 g/mol. The molecule has 2 saturated carbocycles. The van der Waals surface area contributed by atoms with Gasteiger partial charge in [0.25, 0.3) is 0 Å². The molecule has 0 unspecified atom stereocenters. The number of nitrogens with one attached hydrogen (secondary N) is 1. The highest BCUT2D eigenvalue weighted by Crippen LogP contribution is 2.59. The second kappa shape index (κ2) is 5.77. The third kappa shape index (κ3) is 2.79. The topological polar surface area (TPSA) is 56.8 Å². The van der Waals surface area contributed by atoms with Crippen LogP contribution >= 0.6 is 0 Å². The normalized spacial score (nSPS) is 33.2. The van der Waals surface area contributed by atoms with E-state index in [0.29, 0.717) is 5.92 Å². The Morgan fingerprint density at radius 2 is 1.68 bits per heavy atom. The van der Waals surface area contributed by atoms with E-state index >= 15 is 0 Å². The fourth-order valence-corrected chi connectivity index (χ4v) is 4.52. The lowest BCUT2D eigenvalue weighted by Crippen LogP contribution is -2.39. The molecule has 4 rings (SSSR count). The lowest BCUT2D eigenvalue weighted by molar-refractivity contribution is -0.182. The van der Waals surface area contributed by atoms with Gasteiger partial charge in [-0.2, -0.15) is 0 Å². The SMILES string of the molecule is O=C(NCC1CCC2(CC1)OCCO2)[C@H]1CC12CCOCC2. The molecule has 2 aliphatic heterocycles. The maximum absolute atomic E-state index is 12.4. The predicted molar refractivity (Wildman–Crippen MR) is 80.2 cm³/mol. The van der Waals surface area contributed by atoms with Crippen LogP contribution in [0.1, 0.15) is 44.9 Å². The van der Waals surface area contributed by atoms with Crippen molar-refractivity contribution >= 4 is 5.91 Å². The quantitative estimate of drug-likeness (QED) is 0.864. The molecule has 1 atom stereocenters. The van der Waals surface area contributed by atoms with Crippen LogP contribution in [0.4, 0.5) is 0 Å². The van der Waals surface area contributed by atoms with Gasteiger partial charge in [-0.1, -0.05) is 0 Å². The predicted octanol–water partition coefficient (Wildman–Crippen LogP) is 1.85. The average molecular weight is 309 g/mol. The maximum Gasteiger partial charge on any atom is 0.223 e. The highest BCUT2D eigenvalue weighted by atomic mass is 16.7. The summed E-state index contributed by atoms with van der Waals surface area (Å²) in [4.78, 5) is 12.4. The van der Waals surface area contributed by atoms with Crippen LogP contribution in [0, 0.1) is 17.3 Å². The standard InChI is InChI=1S/C17H27NO4/c19-15(14-11-16(14)5-7-20-8-6-16)18-12-13-1-3-17(4-2-13)21-9-10-22-17/h13-14H,1-12H2,(H,18,19)/t14-/m1/s1. The first-order chi connectivity index (χ1) is 10.7. The summed E-state index contributed by atoms with van der Waals surface area (Å²) in [5.74, 6) is 0.804. The molecule has 0 aromatic rings. The Balaban J connectivity index is 1.20. The Hall–Kier alpha value is -0.650. The second-order valence-corrected chi connectivity index (χ2v) is 7.53. The molecule has 124 valence electrons. The summed E-state index contributed by atoms with van der Waals surface area (Å²) >= 11 is 0. The minimum absolute atomic E-state index is 0.243. The van der Waals surface area contributed by atoms with E-state index in [9.17, 15) is 4.79 Å². The molecule has 0 aromatic carbocycles. The molecule has 5 nitrogen and oxygen atoms in total. The molecule has 0 radical (unpaired) electrons. The number of rotatable bonds is 3. The van der Waals surface area contributed by atoms with Gasteiger partial charge in [-0.15, -0.1) is 0 Å². The lowest BCUT2D eigenvalue weighted by Gasteiger charge is -2.35. The highest BCUT2D eigenvalue weighted by Gasteiger charge is 2.57. The summed E-state index contributed by atoms with van der Waals surface area (Å²) in [6, 6.07) is 0. The fraction of sp³-hybridized carbons (Fsp3) is 0.941. The van der Waals surface area contributed by atoms with Crippen LogP contribution < -0.4 is 5.32 Å². The van der Waals surface area contributed by atoms with Crippen LogP contribution in [0.25, 0.3) is 0 Å². The average Bonchev–Trinajstić information content (AvgIpc) is 3.04. The maximum atomic E-state index is 12.4. The van der Waals surface area contributed by atoms with Gasteiger partial charge in [0.1, 0.15) is 0 Å². The summed E-state index contributed by atoms with van der Waals surface area (Å²) in [5.41, 5.74) is 0.282. The van der Waals surface area contributed by atoms with Crippen LogP contribution in [0.15, 0.2) is 0 Å². The van der Waals surface area contributed by atoms with Gasteiger partial charge in [0, 0.05) is 38.5 Å². The number of carbonyl (C=O) groups is 1. The lowest BCUT2D eigenvalue weighted by atomic mass is 9.85. The minimum Gasteiger partial charge on any atom is -0.381 e. The fourth-order valence-electron chi connectivity index (χ4n) is 4.52. The van der Waals surface area contributed by atoms with E-state index in [1.54, 1.807) is 0 Å². The van der Waals surface area contributed by atoms with Crippen molar-refractivity contribution in [3.63, 3.8) is 0 Å². The molecule has 0 bridgehead atoms. The molecule has 0 aromatic heterocycles. The number of ether oxygens (including phenoxy) is 3. The molecule has 4 fully saturated rings. The second-order valence-electron chi connectivity index (χ2n) is 7.53. The third-order valence-corrected chi connectivity index (χ3v) is 6.24. The van der Waals surface area contributed by atoms with E-state index in [1.165, 1.54) is 0 Å². The van der Waals surface area contributed by atoms with E-state index in [1.807, 2.05) is 0 Å². The van der Waals surface area contributed by atoms with Crippen LogP contribution in [0.2, 0.25) is 0 Å². The Morgan fingerprint density at radius 1 is 1.00 bits per heavy atom. The molecule has 2 heterocycles. The summed E-state index contributed by atoms with van der Waals surface area (Å²) in [5, 5.41) is 3.20. The highest BCUT2D eigenvalue weighted by molar-refractivity contribution is 5.82. The number of carbonyl (C=O) groups excluding carboxylic acids is 1. The zero-order chi connectivity index (χ0) is 15.0. The van der Waals surface area contributed by atoms with Gasteiger partial charge in [-0.3, -0.25) is 4.79 Å². The number of hydrogen-bond donors (Lipinski definition) is 1. The van der Waals surface area contributed by atoms with Crippen molar-refractivity contribution in [3.05, 3.63) is 0 Å². The van der Waals surface area contributed by atoms with E-state index in [2.05, 4.69) is 5.32 Å². The van der Waals surface area contributed by atoms with Gasteiger partial charge in [0.05, 0.1) is 13.2 Å². The van der Waals surface area contributed by atoms with E-state index in [4.69, 9.17) is 14.2 Å². The van der Waals surface area contributed by atoms with E-state index < -0.39 is 0 Å². The minimum atomic E-state index is -0.289. The van der Waals surface area contributed by atoms with E-state index in [-0.39, 0.29) is 23.0 Å². The molecule has 5 heteroatoms. The summed E-state index contributed by atoms with van der Waals surface area (Å²) in [6.45, 7) is 3.94. The smallest absolute Gasteiger partial charge is 0.223 e. The van der Waals surface area contributed by atoms with Crippen molar-refractivity contribution in [2.75, 3.05) is 33.0 Å². The first-order valence-electron chi connectivity index (χ1n) is 8.85. The van der Waals surface area contributed by atoms with Gasteiger partial charge in [-0.25, -0.2) is 0 Å². The number of hydrogen-bond acceptors (Lipinski definition) is 4. The molecular formula is C17H27NO4. The van der Waals surface area contributed by atoms with Gasteiger partial charge in [-0.05, 0) is 43.4 Å². The van der Waals surface area contributed by atoms with Crippen molar-refractivity contribution in [3.8, 4) is 0 Å². The molecular weight excluding hydrogens is 282 g/mol. The van der Waals surface area contributed by atoms with Crippen LogP contribution in [-0.4, -0.2) is 44.7 Å². The van der Waals surface area contributed by atoms with Gasteiger partial charge in [0.2, 0.25) is 5.91 Å². The summed E-state index contributed by atoms with van der Waals surface area (Å²) < 4.78 is 16.9.